The van der Waals surface area contributed by atoms with Gasteiger partial charge in [0.15, 0.2) is 0 Å². The second-order valence-corrected chi connectivity index (χ2v) is 4.43. The standard InChI is InChI=1S/C14H12F3NO3/c1-3-21-13(20)12-6-9-10(14(15,16)17)4-8(7-19)5-11(9)18(12)2/h4-7H,3H2,1-2H3. The van der Waals surface area contributed by atoms with Gasteiger partial charge < -0.3 is 9.30 Å². The molecule has 0 bridgehead atoms. The first-order valence-corrected chi connectivity index (χ1v) is 6.12. The maximum absolute atomic E-state index is 13.1. The van der Waals surface area contributed by atoms with Gasteiger partial charge in [-0.1, -0.05) is 0 Å². The normalized spacial score (nSPS) is 11.7. The number of halogens is 3. The Balaban J connectivity index is 2.77. The molecule has 4 nitrogen and oxygen atoms in total. The van der Waals surface area contributed by atoms with Gasteiger partial charge in [-0.15, -0.1) is 0 Å². The van der Waals surface area contributed by atoms with E-state index in [1.807, 2.05) is 0 Å². The molecule has 0 unspecified atom stereocenters. The largest absolute Gasteiger partial charge is 0.461 e. The third-order valence-corrected chi connectivity index (χ3v) is 3.11. The van der Waals surface area contributed by atoms with Crippen LogP contribution in [0.2, 0.25) is 0 Å². The minimum Gasteiger partial charge on any atom is -0.461 e. The molecule has 0 saturated carbocycles. The lowest BCUT2D eigenvalue weighted by atomic mass is 10.1. The summed E-state index contributed by atoms with van der Waals surface area (Å²) in [4.78, 5) is 22.6. The van der Waals surface area contributed by atoms with Gasteiger partial charge in [-0.25, -0.2) is 4.79 Å². The summed E-state index contributed by atoms with van der Waals surface area (Å²) in [6, 6.07) is 3.20. The van der Waals surface area contributed by atoms with Crippen molar-refractivity contribution in [2.75, 3.05) is 6.61 Å². The number of aryl methyl sites for hydroxylation is 1. The maximum Gasteiger partial charge on any atom is 0.417 e. The molecule has 21 heavy (non-hydrogen) atoms. The van der Waals surface area contributed by atoms with Gasteiger partial charge in [0, 0.05) is 23.5 Å². The number of esters is 1. The molecule has 112 valence electrons. The predicted octanol–water partition coefficient (Wildman–Crippen LogP) is 3.19. The highest BCUT2D eigenvalue weighted by Crippen LogP contribution is 2.36. The summed E-state index contributed by atoms with van der Waals surface area (Å²) in [5.74, 6) is -0.711. The van der Waals surface area contributed by atoms with E-state index in [9.17, 15) is 22.8 Å². The summed E-state index contributed by atoms with van der Waals surface area (Å²) >= 11 is 0. The number of rotatable bonds is 3. The van der Waals surface area contributed by atoms with Gasteiger partial charge in [-0.3, -0.25) is 4.79 Å². The number of benzene rings is 1. The fourth-order valence-electron chi connectivity index (χ4n) is 2.16. The molecular weight excluding hydrogens is 287 g/mol. The molecule has 0 N–H and O–H groups in total. The van der Waals surface area contributed by atoms with Crippen molar-refractivity contribution in [2.24, 2.45) is 7.05 Å². The Bertz CT molecular complexity index is 716. The average molecular weight is 299 g/mol. The second kappa shape index (κ2) is 5.23. The minimum atomic E-state index is -4.62. The van der Waals surface area contributed by atoms with E-state index in [0.717, 1.165) is 12.1 Å². The van der Waals surface area contributed by atoms with Crippen molar-refractivity contribution < 1.29 is 27.5 Å². The van der Waals surface area contributed by atoms with E-state index in [-0.39, 0.29) is 28.8 Å². The van der Waals surface area contributed by atoms with Gasteiger partial charge in [0.05, 0.1) is 12.2 Å². The Hall–Kier alpha value is -2.31. The van der Waals surface area contributed by atoms with E-state index >= 15 is 0 Å². The molecule has 7 heteroatoms. The Labute approximate surface area is 118 Å². The summed E-state index contributed by atoms with van der Waals surface area (Å²) in [6.45, 7) is 1.72. The number of hydrogen-bond donors (Lipinski definition) is 0. The number of hydrogen-bond acceptors (Lipinski definition) is 3. The molecule has 0 spiro atoms. The Morgan fingerprint density at radius 2 is 2.00 bits per heavy atom. The average Bonchev–Trinajstić information content (AvgIpc) is 2.74. The topological polar surface area (TPSA) is 48.3 Å². The van der Waals surface area contributed by atoms with E-state index in [4.69, 9.17) is 4.74 Å². The zero-order valence-corrected chi connectivity index (χ0v) is 11.3. The third-order valence-electron chi connectivity index (χ3n) is 3.11. The second-order valence-electron chi connectivity index (χ2n) is 4.43. The number of aldehydes is 1. The molecule has 1 aromatic carbocycles. The lowest BCUT2D eigenvalue weighted by Crippen LogP contribution is -2.09. The summed E-state index contributed by atoms with van der Waals surface area (Å²) in [7, 11) is 1.45. The summed E-state index contributed by atoms with van der Waals surface area (Å²) in [5, 5.41) is -0.140. The van der Waals surface area contributed by atoms with Crippen molar-refractivity contribution in [1.82, 2.24) is 4.57 Å². The molecule has 1 heterocycles. The minimum absolute atomic E-state index is 0.000369. The molecule has 0 aliphatic rings. The zero-order valence-electron chi connectivity index (χ0n) is 11.3. The first-order valence-electron chi connectivity index (χ1n) is 6.12. The summed E-state index contributed by atoms with van der Waals surface area (Å²) < 4.78 is 45.3. The van der Waals surface area contributed by atoms with E-state index < -0.39 is 17.7 Å². The molecule has 2 rings (SSSR count). The molecule has 0 amide bonds. The Morgan fingerprint density at radius 3 is 2.52 bits per heavy atom. The molecule has 1 aromatic heterocycles. The van der Waals surface area contributed by atoms with E-state index in [2.05, 4.69) is 0 Å². The lowest BCUT2D eigenvalue weighted by Gasteiger charge is -2.09. The number of alkyl halides is 3. The van der Waals surface area contributed by atoms with Crippen LogP contribution in [0.5, 0.6) is 0 Å². The van der Waals surface area contributed by atoms with Gasteiger partial charge >= 0.3 is 12.1 Å². The Kier molecular flexibility index (Phi) is 3.76. The maximum atomic E-state index is 13.1. The van der Waals surface area contributed by atoms with Crippen molar-refractivity contribution in [3.05, 3.63) is 35.0 Å². The van der Waals surface area contributed by atoms with Gasteiger partial charge in [0.1, 0.15) is 12.0 Å². The molecule has 2 aromatic rings. The van der Waals surface area contributed by atoms with Crippen LogP contribution >= 0.6 is 0 Å². The highest BCUT2D eigenvalue weighted by atomic mass is 19.4. The number of carbonyl (C=O) groups excluding carboxylic acids is 2. The van der Waals surface area contributed by atoms with Crippen LogP contribution < -0.4 is 0 Å². The Morgan fingerprint density at radius 1 is 1.33 bits per heavy atom. The number of carbonyl (C=O) groups is 2. The van der Waals surface area contributed by atoms with Crippen molar-refractivity contribution >= 4 is 23.2 Å². The first-order chi connectivity index (χ1) is 9.79. The van der Waals surface area contributed by atoms with Gasteiger partial charge in [-0.05, 0) is 25.1 Å². The van der Waals surface area contributed by atoms with E-state index in [1.165, 1.54) is 17.7 Å². The molecule has 0 atom stereocenters. The van der Waals surface area contributed by atoms with E-state index in [0.29, 0.717) is 6.29 Å². The van der Waals surface area contributed by atoms with E-state index in [1.54, 1.807) is 6.92 Å². The third kappa shape index (κ3) is 2.63. The lowest BCUT2D eigenvalue weighted by molar-refractivity contribution is -0.136. The van der Waals surface area contributed by atoms with Gasteiger partial charge in [0.2, 0.25) is 0 Å². The van der Waals surface area contributed by atoms with Crippen LogP contribution in [0.4, 0.5) is 13.2 Å². The van der Waals surface area contributed by atoms with Crippen LogP contribution in [0, 0.1) is 0 Å². The quantitative estimate of drug-likeness (QED) is 0.646. The number of nitrogens with zero attached hydrogens (tertiary/aromatic N) is 1. The smallest absolute Gasteiger partial charge is 0.417 e. The molecule has 0 saturated heterocycles. The molecule has 0 aliphatic heterocycles. The SMILES string of the molecule is CCOC(=O)c1cc2c(C(F)(F)F)cc(C=O)cc2n1C. The zero-order chi connectivity index (χ0) is 15.8. The molecule has 0 radical (unpaired) electrons. The molecular formula is C14H12F3NO3. The number of aromatic nitrogens is 1. The van der Waals surface area contributed by atoms with Crippen LogP contribution in [-0.4, -0.2) is 23.4 Å². The molecule has 0 fully saturated rings. The molecule has 0 aliphatic carbocycles. The van der Waals surface area contributed by atoms with Crippen molar-refractivity contribution in [3.8, 4) is 0 Å². The fourth-order valence-corrected chi connectivity index (χ4v) is 2.16. The van der Waals surface area contributed by atoms with Crippen LogP contribution in [-0.2, 0) is 18.0 Å². The summed E-state index contributed by atoms with van der Waals surface area (Å²) in [6.07, 6.45) is -4.28. The number of ether oxygens (including phenoxy) is 1. The van der Waals surface area contributed by atoms with Crippen LogP contribution in [0.1, 0.15) is 33.3 Å². The van der Waals surface area contributed by atoms with Crippen LogP contribution in [0.3, 0.4) is 0 Å². The number of fused-ring (bicyclic) bond motifs is 1. The van der Waals surface area contributed by atoms with Gasteiger partial charge in [-0.2, -0.15) is 13.2 Å². The first kappa shape index (κ1) is 15.1. The van der Waals surface area contributed by atoms with Crippen molar-refractivity contribution in [1.29, 1.82) is 0 Å². The van der Waals surface area contributed by atoms with Gasteiger partial charge in [0.25, 0.3) is 0 Å². The summed E-state index contributed by atoms with van der Waals surface area (Å²) in [5.41, 5.74) is -0.907. The van der Waals surface area contributed by atoms with Crippen LogP contribution in [0.15, 0.2) is 18.2 Å². The van der Waals surface area contributed by atoms with Crippen molar-refractivity contribution in [2.45, 2.75) is 13.1 Å². The fraction of sp³-hybridized carbons (Fsp3) is 0.286. The monoisotopic (exact) mass is 299 g/mol. The van der Waals surface area contributed by atoms with Crippen LogP contribution in [0.25, 0.3) is 10.9 Å². The highest BCUT2D eigenvalue weighted by molar-refractivity contribution is 5.98. The predicted molar refractivity (Wildman–Crippen MR) is 69.3 cm³/mol. The van der Waals surface area contributed by atoms with Crippen molar-refractivity contribution in [3.63, 3.8) is 0 Å². The highest BCUT2D eigenvalue weighted by Gasteiger charge is 2.34.